The third kappa shape index (κ3) is 3.05. The fourth-order valence-corrected chi connectivity index (χ4v) is 2.89. The Morgan fingerprint density at radius 1 is 1.05 bits per heavy atom. The minimum absolute atomic E-state index is 0.221. The molecule has 2 aromatic carbocycles. The Balaban J connectivity index is 1.84. The summed E-state index contributed by atoms with van der Waals surface area (Å²) in [7, 11) is 0. The van der Waals surface area contributed by atoms with Crippen LogP contribution >= 0.6 is 11.8 Å². The summed E-state index contributed by atoms with van der Waals surface area (Å²) in [6, 6.07) is 17.0. The molecule has 1 atom stereocenters. The van der Waals surface area contributed by atoms with Gasteiger partial charge < -0.3 is 5.11 Å². The summed E-state index contributed by atoms with van der Waals surface area (Å²) in [6.07, 6.45) is 0. The monoisotopic (exact) mass is 298 g/mol. The Labute approximate surface area is 126 Å². The highest BCUT2D eigenvalue weighted by Crippen LogP contribution is 2.33. The summed E-state index contributed by atoms with van der Waals surface area (Å²) < 4.78 is 1.67. The van der Waals surface area contributed by atoms with Crippen molar-refractivity contribution in [1.82, 2.24) is 20.2 Å². The van der Waals surface area contributed by atoms with Gasteiger partial charge in [0.2, 0.25) is 5.16 Å². The fourth-order valence-electron chi connectivity index (χ4n) is 1.96. The Morgan fingerprint density at radius 3 is 2.48 bits per heavy atom. The molecule has 0 saturated carbocycles. The average Bonchev–Trinajstić information content (AvgIpc) is 2.97. The van der Waals surface area contributed by atoms with Gasteiger partial charge >= 0.3 is 0 Å². The van der Waals surface area contributed by atoms with Crippen LogP contribution in [0.1, 0.15) is 17.7 Å². The van der Waals surface area contributed by atoms with Gasteiger partial charge in [0.25, 0.3) is 0 Å². The molecule has 0 saturated heterocycles. The maximum atomic E-state index is 9.35. The van der Waals surface area contributed by atoms with Gasteiger partial charge in [0.1, 0.15) is 5.75 Å². The molecule has 106 valence electrons. The molecule has 0 bridgehead atoms. The molecule has 0 radical (unpaired) electrons. The zero-order valence-corrected chi connectivity index (χ0v) is 12.2. The molecule has 5 nitrogen and oxygen atoms in total. The van der Waals surface area contributed by atoms with Crippen LogP contribution in [0, 0.1) is 0 Å². The number of aromatic nitrogens is 4. The summed E-state index contributed by atoms with van der Waals surface area (Å²) in [4.78, 5) is 0. The molecule has 0 aliphatic rings. The summed E-state index contributed by atoms with van der Waals surface area (Å²) >= 11 is 1.59. The SMILES string of the molecule is C[C@H](Sc1nnnn1-c1ccc(O)cc1)c1ccccc1. The molecule has 1 heterocycles. The van der Waals surface area contributed by atoms with Gasteiger partial charge in [-0.1, -0.05) is 42.1 Å². The molecule has 3 aromatic rings. The zero-order valence-electron chi connectivity index (χ0n) is 11.4. The quantitative estimate of drug-likeness (QED) is 0.749. The number of thioether (sulfide) groups is 1. The summed E-state index contributed by atoms with van der Waals surface area (Å²) in [5, 5.41) is 22.2. The lowest BCUT2D eigenvalue weighted by molar-refractivity contribution is 0.475. The second-order valence-corrected chi connectivity index (χ2v) is 5.87. The molecule has 3 rings (SSSR count). The second kappa shape index (κ2) is 5.97. The predicted octanol–water partition coefficient (Wildman–Crippen LogP) is 3.22. The molecular weight excluding hydrogens is 284 g/mol. The highest BCUT2D eigenvalue weighted by Gasteiger charge is 2.14. The van der Waals surface area contributed by atoms with E-state index in [9.17, 15) is 5.11 Å². The first-order chi connectivity index (χ1) is 10.2. The molecule has 0 unspecified atom stereocenters. The Bertz CT molecular complexity index is 712. The van der Waals surface area contributed by atoms with Crippen LogP contribution in [0.5, 0.6) is 5.75 Å². The van der Waals surface area contributed by atoms with E-state index in [2.05, 4.69) is 34.6 Å². The third-order valence-corrected chi connectivity index (χ3v) is 4.18. The number of nitrogens with zero attached hydrogens (tertiary/aromatic N) is 4. The topological polar surface area (TPSA) is 63.8 Å². The lowest BCUT2D eigenvalue weighted by Crippen LogP contribution is -2.00. The second-order valence-electron chi connectivity index (χ2n) is 4.56. The van der Waals surface area contributed by atoms with Crippen LogP contribution in [-0.2, 0) is 0 Å². The normalized spacial score (nSPS) is 12.2. The van der Waals surface area contributed by atoms with Crippen LogP contribution in [0.15, 0.2) is 59.8 Å². The van der Waals surface area contributed by atoms with E-state index in [-0.39, 0.29) is 11.0 Å². The van der Waals surface area contributed by atoms with Gasteiger partial charge in [-0.2, -0.15) is 4.68 Å². The van der Waals surface area contributed by atoms with Crippen LogP contribution in [0.3, 0.4) is 0 Å². The van der Waals surface area contributed by atoms with Crippen molar-refractivity contribution in [3.05, 3.63) is 60.2 Å². The Kier molecular flexibility index (Phi) is 3.87. The lowest BCUT2D eigenvalue weighted by Gasteiger charge is -2.11. The Hall–Kier alpha value is -2.34. The van der Waals surface area contributed by atoms with Crippen LogP contribution < -0.4 is 0 Å². The maximum absolute atomic E-state index is 9.35. The van der Waals surface area contributed by atoms with Gasteiger partial charge in [-0.25, -0.2) is 0 Å². The largest absolute Gasteiger partial charge is 0.508 e. The van der Waals surface area contributed by atoms with Crippen LogP contribution in [0.25, 0.3) is 5.69 Å². The van der Waals surface area contributed by atoms with Crippen molar-refractivity contribution in [2.45, 2.75) is 17.3 Å². The van der Waals surface area contributed by atoms with E-state index in [4.69, 9.17) is 0 Å². The van der Waals surface area contributed by atoms with Crippen molar-refractivity contribution in [2.24, 2.45) is 0 Å². The number of phenols is 1. The number of phenolic OH excluding ortho intramolecular Hbond substituents is 1. The van der Waals surface area contributed by atoms with Crippen LogP contribution in [0.4, 0.5) is 0 Å². The van der Waals surface area contributed by atoms with E-state index in [1.165, 1.54) is 5.56 Å². The maximum Gasteiger partial charge on any atom is 0.214 e. The fraction of sp³-hybridized carbons (Fsp3) is 0.133. The minimum atomic E-state index is 0.221. The minimum Gasteiger partial charge on any atom is -0.508 e. The standard InChI is InChI=1S/C15H14N4OS/c1-11(12-5-3-2-4-6-12)21-15-16-17-18-19(15)13-7-9-14(20)10-8-13/h2-11,20H,1H3/t11-/m0/s1. The molecule has 0 spiro atoms. The number of hydrogen-bond acceptors (Lipinski definition) is 5. The first-order valence-corrected chi connectivity index (χ1v) is 7.41. The van der Waals surface area contributed by atoms with E-state index in [0.717, 1.165) is 10.8 Å². The van der Waals surface area contributed by atoms with Crippen LogP contribution in [0.2, 0.25) is 0 Å². The molecule has 6 heteroatoms. The molecule has 0 fully saturated rings. The van der Waals surface area contributed by atoms with E-state index in [0.29, 0.717) is 0 Å². The average molecular weight is 298 g/mol. The highest BCUT2D eigenvalue weighted by atomic mass is 32.2. The predicted molar refractivity (Wildman–Crippen MR) is 81.5 cm³/mol. The number of hydrogen-bond donors (Lipinski definition) is 1. The Morgan fingerprint density at radius 2 is 1.76 bits per heavy atom. The number of rotatable bonds is 4. The molecule has 1 aromatic heterocycles. The van der Waals surface area contributed by atoms with Crippen molar-refractivity contribution in [2.75, 3.05) is 0 Å². The third-order valence-electron chi connectivity index (χ3n) is 3.09. The van der Waals surface area contributed by atoms with Crippen LogP contribution in [-0.4, -0.2) is 25.3 Å². The van der Waals surface area contributed by atoms with Crippen molar-refractivity contribution in [1.29, 1.82) is 0 Å². The first-order valence-electron chi connectivity index (χ1n) is 6.53. The van der Waals surface area contributed by atoms with E-state index < -0.39 is 0 Å². The van der Waals surface area contributed by atoms with Gasteiger partial charge in [-0.15, -0.1) is 5.10 Å². The molecular formula is C15H14N4OS. The molecule has 21 heavy (non-hydrogen) atoms. The highest BCUT2D eigenvalue weighted by molar-refractivity contribution is 7.99. The van der Waals surface area contributed by atoms with Crippen molar-refractivity contribution in [3.63, 3.8) is 0 Å². The van der Waals surface area contributed by atoms with Gasteiger partial charge in [-0.3, -0.25) is 0 Å². The molecule has 1 N–H and O–H groups in total. The van der Waals surface area contributed by atoms with Crippen molar-refractivity contribution in [3.8, 4) is 11.4 Å². The van der Waals surface area contributed by atoms with Crippen molar-refractivity contribution < 1.29 is 5.11 Å². The summed E-state index contributed by atoms with van der Waals surface area (Å²) in [5.41, 5.74) is 2.04. The van der Waals surface area contributed by atoms with E-state index >= 15 is 0 Å². The van der Waals surface area contributed by atoms with E-state index in [1.54, 1.807) is 40.7 Å². The van der Waals surface area contributed by atoms with Crippen molar-refractivity contribution >= 4 is 11.8 Å². The van der Waals surface area contributed by atoms with Gasteiger partial charge in [0.15, 0.2) is 0 Å². The smallest absolute Gasteiger partial charge is 0.214 e. The number of aromatic hydroxyl groups is 1. The summed E-state index contributed by atoms with van der Waals surface area (Å²) in [5.74, 6) is 0.221. The molecule has 0 aliphatic carbocycles. The van der Waals surface area contributed by atoms with Gasteiger partial charge in [0, 0.05) is 5.25 Å². The number of benzene rings is 2. The molecule has 0 amide bonds. The summed E-state index contributed by atoms with van der Waals surface area (Å²) in [6.45, 7) is 2.12. The first kappa shape index (κ1) is 13.6. The van der Waals surface area contributed by atoms with Gasteiger partial charge in [-0.05, 0) is 47.2 Å². The molecule has 0 aliphatic heterocycles. The van der Waals surface area contributed by atoms with E-state index in [1.807, 2.05) is 18.2 Å². The zero-order chi connectivity index (χ0) is 14.7. The number of tetrazole rings is 1. The van der Waals surface area contributed by atoms with Gasteiger partial charge in [0.05, 0.1) is 5.69 Å². The lowest BCUT2D eigenvalue weighted by atomic mass is 10.2.